The minimum atomic E-state index is -4.68. The average Bonchev–Trinajstić information content (AvgIpc) is 2.71. The van der Waals surface area contributed by atoms with Gasteiger partial charge in [-0.15, -0.1) is 0 Å². The van der Waals surface area contributed by atoms with Crippen LogP contribution in [0.15, 0.2) is 53.4 Å². The van der Waals surface area contributed by atoms with Crippen LogP contribution in [0.25, 0.3) is 0 Å². The molecule has 5 nitrogen and oxygen atoms in total. The molecule has 0 heterocycles. The minimum absolute atomic E-state index is 0.0319. The summed E-state index contributed by atoms with van der Waals surface area (Å²) in [6.07, 6.45) is -3.64. The minimum Gasteiger partial charge on any atom is -0.379 e. The van der Waals surface area contributed by atoms with E-state index in [9.17, 15) is 26.4 Å². The van der Waals surface area contributed by atoms with Crippen molar-refractivity contribution in [3.05, 3.63) is 59.7 Å². The van der Waals surface area contributed by atoms with Crippen LogP contribution in [0.3, 0.4) is 0 Å². The molecule has 0 radical (unpaired) electrons. The zero-order valence-electron chi connectivity index (χ0n) is 18.5. The summed E-state index contributed by atoms with van der Waals surface area (Å²) in [6, 6.07) is 9.59. The third-order valence-electron chi connectivity index (χ3n) is 4.99. The van der Waals surface area contributed by atoms with Crippen molar-refractivity contribution >= 4 is 16.0 Å². The maximum atomic E-state index is 13.0. The highest BCUT2D eigenvalue weighted by Gasteiger charge is 2.32. The maximum Gasteiger partial charge on any atom is 0.416 e. The van der Waals surface area contributed by atoms with Gasteiger partial charge in [0.05, 0.1) is 5.56 Å². The number of para-hydroxylation sites is 1. The molecule has 1 atom stereocenters. The van der Waals surface area contributed by atoms with E-state index in [0.29, 0.717) is 24.5 Å². The van der Waals surface area contributed by atoms with Crippen molar-refractivity contribution in [3.63, 3.8) is 0 Å². The molecular formula is C23H28F3NO4S. The van der Waals surface area contributed by atoms with Crippen LogP contribution in [0.1, 0.15) is 51.7 Å². The Kier molecular flexibility index (Phi) is 8.34. The lowest BCUT2D eigenvalue weighted by atomic mass is 10.1. The van der Waals surface area contributed by atoms with Gasteiger partial charge in [-0.1, -0.05) is 45.0 Å². The zero-order valence-corrected chi connectivity index (χ0v) is 19.3. The van der Waals surface area contributed by atoms with Crippen LogP contribution in [0.2, 0.25) is 0 Å². The Bertz CT molecular complexity index is 1040. The van der Waals surface area contributed by atoms with Crippen molar-refractivity contribution in [1.29, 1.82) is 0 Å². The summed E-state index contributed by atoms with van der Waals surface area (Å²) >= 11 is 0. The molecule has 1 unspecified atom stereocenters. The van der Waals surface area contributed by atoms with Crippen molar-refractivity contribution in [2.24, 2.45) is 5.92 Å². The van der Waals surface area contributed by atoms with Gasteiger partial charge >= 0.3 is 16.3 Å². The molecule has 32 heavy (non-hydrogen) atoms. The Morgan fingerprint density at radius 1 is 1.06 bits per heavy atom. The first kappa shape index (κ1) is 25.7. The molecule has 0 aliphatic carbocycles. The SMILES string of the molecule is CCC(C)N(Cc1ccccc1OS(=O)(=O)c1cccc(C(F)(F)F)c1)C(=O)CC(C)C. The molecule has 1 amide bonds. The van der Waals surface area contributed by atoms with E-state index >= 15 is 0 Å². The quantitative estimate of drug-likeness (QED) is 0.444. The summed E-state index contributed by atoms with van der Waals surface area (Å²) in [6.45, 7) is 7.84. The molecule has 0 fully saturated rings. The molecule has 0 aromatic heterocycles. The van der Waals surface area contributed by atoms with Crippen molar-refractivity contribution in [2.75, 3.05) is 0 Å². The summed E-state index contributed by atoms with van der Waals surface area (Å²) < 4.78 is 69.6. The first-order valence-corrected chi connectivity index (χ1v) is 11.7. The smallest absolute Gasteiger partial charge is 0.379 e. The number of carbonyl (C=O) groups excluding carboxylic acids is 1. The van der Waals surface area contributed by atoms with Crippen molar-refractivity contribution in [2.45, 2.75) is 64.2 Å². The van der Waals surface area contributed by atoms with Gasteiger partial charge < -0.3 is 9.08 Å². The molecule has 0 saturated heterocycles. The van der Waals surface area contributed by atoms with Crippen LogP contribution in [0, 0.1) is 5.92 Å². The number of benzene rings is 2. The van der Waals surface area contributed by atoms with E-state index in [2.05, 4.69) is 0 Å². The third-order valence-corrected chi connectivity index (χ3v) is 6.22. The molecule has 176 valence electrons. The van der Waals surface area contributed by atoms with Crippen LogP contribution in [0.4, 0.5) is 13.2 Å². The number of rotatable bonds is 9. The molecule has 0 saturated carbocycles. The second kappa shape index (κ2) is 10.4. The lowest BCUT2D eigenvalue weighted by Gasteiger charge is -2.30. The fourth-order valence-electron chi connectivity index (χ4n) is 3.07. The molecule has 0 spiro atoms. The lowest BCUT2D eigenvalue weighted by molar-refractivity contribution is -0.138. The van der Waals surface area contributed by atoms with E-state index < -0.39 is 26.8 Å². The van der Waals surface area contributed by atoms with Crippen molar-refractivity contribution < 1.29 is 30.6 Å². The molecular weight excluding hydrogens is 443 g/mol. The topological polar surface area (TPSA) is 63.7 Å². The van der Waals surface area contributed by atoms with Gasteiger partial charge in [0.15, 0.2) is 0 Å². The Morgan fingerprint density at radius 2 is 1.72 bits per heavy atom. The summed E-state index contributed by atoms with van der Waals surface area (Å²) in [5.41, 5.74) is -0.641. The van der Waals surface area contributed by atoms with Crippen molar-refractivity contribution in [3.8, 4) is 5.75 Å². The summed E-state index contributed by atoms with van der Waals surface area (Å²) in [7, 11) is -4.52. The summed E-state index contributed by atoms with van der Waals surface area (Å²) in [5.74, 6) is 0.0577. The summed E-state index contributed by atoms with van der Waals surface area (Å²) in [5, 5.41) is 0. The second-order valence-electron chi connectivity index (χ2n) is 8.05. The number of nitrogens with zero attached hydrogens (tertiary/aromatic N) is 1. The number of alkyl halides is 3. The largest absolute Gasteiger partial charge is 0.416 e. The highest BCUT2D eigenvalue weighted by molar-refractivity contribution is 7.87. The normalized spacial score (nSPS) is 13.1. The van der Waals surface area contributed by atoms with Gasteiger partial charge in [0.25, 0.3) is 0 Å². The van der Waals surface area contributed by atoms with E-state index in [1.54, 1.807) is 23.1 Å². The van der Waals surface area contributed by atoms with E-state index in [1.807, 2.05) is 27.7 Å². The molecule has 0 aliphatic rings. The number of hydrogen-bond acceptors (Lipinski definition) is 4. The lowest BCUT2D eigenvalue weighted by Crippen LogP contribution is -2.38. The number of amides is 1. The molecule has 0 aliphatic heterocycles. The van der Waals surface area contributed by atoms with Gasteiger partial charge in [0.2, 0.25) is 5.91 Å². The van der Waals surface area contributed by atoms with Crippen LogP contribution < -0.4 is 4.18 Å². The molecule has 0 bridgehead atoms. The summed E-state index contributed by atoms with van der Waals surface area (Å²) in [4.78, 5) is 13.8. The Morgan fingerprint density at radius 3 is 2.31 bits per heavy atom. The fraction of sp³-hybridized carbons (Fsp3) is 0.435. The van der Waals surface area contributed by atoms with Gasteiger partial charge in [-0.3, -0.25) is 4.79 Å². The second-order valence-corrected chi connectivity index (χ2v) is 9.59. The van der Waals surface area contributed by atoms with Gasteiger partial charge in [0.1, 0.15) is 10.6 Å². The van der Waals surface area contributed by atoms with E-state index in [4.69, 9.17) is 4.18 Å². The molecule has 2 aromatic rings. The van der Waals surface area contributed by atoms with Gasteiger partial charge in [-0.25, -0.2) is 0 Å². The third kappa shape index (κ3) is 6.72. The fourth-order valence-corrected chi connectivity index (χ4v) is 4.08. The first-order chi connectivity index (χ1) is 14.8. The predicted molar refractivity (Wildman–Crippen MR) is 115 cm³/mol. The first-order valence-electron chi connectivity index (χ1n) is 10.3. The molecule has 0 N–H and O–H groups in total. The molecule has 9 heteroatoms. The van der Waals surface area contributed by atoms with E-state index in [1.165, 1.54) is 6.07 Å². The van der Waals surface area contributed by atoms with Crippen molar-refractivity contribution in [1.82, 2.24) is 4.90 Å². The standard InChI is InChI=1S/C23H28F3NO4S/c1-5-17(4)27(22(28)13-16(2)3)15-18-9-6-7-12-21(18)31-32(29,30)20-11-8-10-19(14-20)23(24,25)26/h6-12,14,16-17H,5,13,15H2,1-4H3. The molecule has 2 aromatic carbocycles. The Balaban J connectivity index is 2.36. The van der Waals surface area contributed by atoms with Gasteiger partial charge in [-0.2, -0.15) is 21.6 Å². The average molecular weight is 472 g/mol. The Hall–Kier alpha value is -2.55. The number of halogens is 3. The van der Waals surface area contributed by atoms with E-state index in [0.717, 1.165) is 18.2 Å². The Labute approximate surface area is 187 Å². The highest BCUT2D eigenvalue weighted by Crippen LogP contribution is 2.32. The van der Waals surface area contributed by atoms with Crippen LogP contribution in [-0.4, -0.2) is 25.3 Å². The van der Waals surface area contributed by atoms with E-state index in [-0.39, 0.29) is 30.2 Å². The predicted octanol–water partition coefficient (Wildman–Crippen LogP) is 5.65. The van der Waals surface area contributed by atoms with Gasteiger partial charge in [-0.05, 0) is 43.5 Å². The van der Waals surface area contributed by atoms with Crippen LogP contribution in [0.5, 0.6) is 5.75 Å². The monoisotopic (exact) mass is 471 g/mol. The van der Waals surface area contributed by atoms with Crippen LogP contribution >= 0.6 is 0 Å². The number of carbonyl (C=O) groups is 1. The van der Waals surface area contributed by atoms with Gasteiger partial charge in [0, 0.05) is 24.6 Å². The maximum absolute atomic E-state index is 13.0. The molecule has 2 rings (SSSR count). The van der Waals surface area contributed by atoms with Crippen LogP contribution in [-0.2, 0) is 27.6 Å². The zero-order chi connectivity index (χ0) is 24.1. The highest BCUT2D eigenvalue weighted by atomic mass is 32.2. The number of hydrogen-bond donors (Lipinski definition) is 0.